The van der Waals surface area contributed by atoms with E-state index in [2.05, 4.69) is 55.4 Å². The standard InChI is InChI=1S/C30H52O/c1-25(2)15-9-16-28(6)22(25)14-19-30(8)24(28)11-10-23-27(5)17-12-20(26(3,4)31)21(27)13-18-29(23,30)7/h20-24,31H,9-19H2,1-8H3/t20?,21?,22-,23+,24+,27-,28-,29+,30+/m0/s1. The minimum Gasteiger partial charge on any atom is -0.390 e. The maximum Gasteiger partial charge on any atom is 0.0622 e. The van der Waals surface area contributed by atoms with E-state index in [0.29, 0.717) is 33.0 Å². The Bertz CT molecular complexity index is 731. The molecule has 0 amide bonds. The van der Waals surface area contributed by atoms with Gasteiger partial charge in [0.05, 0.1) is 5.60 Å². The lowest BCUT2D eigenvalue weighted by Gasteiger charge is -2.73. The van der Waals surface area contributed by atoms with Gasteiger partial charge >= 0.3 is 0 Å². The summed E-state index contributed by atoms with van der Waals surface area (Å²) < 4.78 is 0. The molecule has 1 N–H and O–H groups in total. The second-order valence-electron chi connectivity index (χ2n) is 15.4. The highest BCUT2D eigenvalue weighted by atomic mass is 16.3. The molecule has 0 saturated heterocycles. The smallest absolute Gasteiger partial charge is 0.0622 e. The third-order valence-electron chi connectivity index (χ3n) is 13.6. The van der Waals surface area contributed by atoms with E-state index < -0.39 is 5.60 Å². The second kappa shape index (κ2) is 6.55. The SMILES string of the molecule is CC(C)(O)C1CC[C@@]2(C)C1CC[C@]1(C)[C@@H]2CC[C@@H]2[C@@]3(C)CCCC(C)(C)[C@@H]3CC[C@]21C. The average molecular weight is 429 g/mol. The molecule has 5 aliphatic rings. The first-order chi connectivity index (χ1) is 14.2. The molecule has 0 radical (unpaired) electrons. The predicted molar refractivity (Wildman–Crippen MR) is 131 cm³/mol. The fourth-order valence-corrected chi connectivity index (χ4v) is 12.1. The highest BCUT2D eigenvalue weighted by molar-refractivity contribution is 5.19. The fraction of sp³-hybridized carbons (Fsp3) is 1.00. The van der Waals surface area contributed by atoms with Crippen molar-refractivity contribution in [2.24, 2.45) is 56.7 Å². The first kappa shape index (κ1) is 22.7. The third-order valence-corrected chi connectivity index (χ3v) is 13.6. The molecule has 1 nitrogen and oxygen atoms in total. The molecule has 0 heterocycles. The zero-order chi connectivity index (χ0) is 22.7. The predicted octanol–water partition coefficient (Wildman–Crippen LogP) is 8.25. The lowest BCUT2D eigenvalue weighted by atomic mass is 9.32. The molecule has 5 aliphatic carbocycles. The van der Waals surface area contributed by atoms with Gasteiger partial charge < -0.3 is 5.11 Å². The molecule has 5 saturated carbocycles. The van der Waals surface area contributed by atoms with Gasteiger partial charge in [-0.3, -0.25) is 0 Å². The van der Waals surface area contributed by atoms with Gasteiger partial charge in [0.25, 0.3) is 0 Å². The third kappa shape index (κ3) is 2.77. The van der Waals surface area contributed by atoms with Gasteiger partial charge in [-0.05, 0) is 135 Å². The highest BCUT2D eigenvalue weighted by Crippen LogP contribution is 2.78. The van der Waals surface area contributed by atoms with Crippen LogP contribution < -0.4 is 0 Å². The van der Waals surface area contributed by atoms with Crippen LogP contribution in [0.2, 0.25) is 0 Å². The summed E-state index contributed by atoms with van der Waals surface area (Å²) in [5, 5.41) is 11.0. The van der Waals surface area contributed by atoms with Gasteiger partial charge in [-0.2, -0.15) is 0 Å². The largest absolute Gasteiger partial charge is 0.390 e. The summed E-state index contributed by atoms with van der Waals surface area (Å²) >= 11 is 0. The molecule has 0 aromatic heterocycles. The maximum absolute atomic E-state index is 11.0. The van der Waals surface area contributed by atoms with Crippen LogP contribution in [-0.4, -0.2) is 10.7 Å². The quantitative estimate of drug-likeness (QED) is 0.445. The molecule has 31 heavy (non-hydrogen) atoms. The van der Waals surface area contributed by atoms with E-state index in [1.54, 1.807) is 0 Å². The lowest BCUT2D eigenvalue weighted by molar-refractivity contribution is -0.243. The summed E-state index contributed by atoms with van der Waals surface area (Å²) in [6.07, 6.45) is 15.5. The van der Waals surface area contributed by atoms with E-state index in [1.165, 1.54) is 70.6 Å². The van der Waals surface area contributed by atoms with Crippen molar-refractivity contribution in [1.29, 1.82) is 0 Å². The van der Waals surface area contributed by atoms with E-state index >= 15 is 0 Å². The molecule has 0 aromatic rings. The van der Waals surface area contributed by atoms with E-state index in [-0.39, 0.29) is 0 Å². The van der Waals surface area contributed by atoms with Crippen molar-refractivity contribution < 1.29 is 5.11 Å². The molecule has 1 heteroatoms. The van der Waals surface area contributed by atoms with E-state index in [0.717, 1.165) is 23.7 Å². The van der Waals surface area contributed by atoms with Crippen LogP contribution in [0.25, 0.3) is 0 Å². The normalized spacial score (nSPS) is 56.2. The van der Waals surface area contributed by atoms with E-state index in [4.69, 9.17) is 0 Å². The van der Waals surface area contributed by atoms with Crippen LogP contribution in [-0.2, 0) is 0 Å². The summed E-state index contributed by atoms with van der Waals surface area (Å²) in [5.41, 5.74) is 1.97. The number of fused-ring (bicyclic) bond motifs is 7. The molecule has 178 valence electrons. The zero-order valence-corrected chi connectivity index (χ0v) is 22.1. The van der Waals surface area contributed by atoms with Crippen molar-refractivity contribution >= 4 is 0 Å². The Balaban J connectivity index is 1.52. The maximum atomic E-state index is 11.0. The van der Waals surface area contributed by atoms with Crippen LogP contribution >= 0.6 is 0 Å². The van der Waals surface area contributed by atoms with Gasteiger partial charge in [-0.15, -0.1) is 0 Å². The van der Waals surface area contributed by atoms with Crippen LogP contribution in [0, 0.1) is 56.7 Å². The number of hydrogen-bond acceptors (Lipinski definition) is 1. The van der Waals surface area contributed by atoms with Crippen molar-refractivity contribution in [3.8, 4) is 0 Å². The number of rotatable bonds is 1. The minimum atomic E-state index is -0.517. The molecule has 0 aliphatic heterocycles. The minimum absolute atomic E-state index is 0.440. The van der Waals surface area contributed by atoms with Crippen molar-refractivity contribution in [3.05, 3.63) is 0 Å². The topological polar surface area (TPSA) is 20.2 Å². The van der Waals surface area contributed by atoms with Crippen molar-refractivity contribution in [2.75, 3.05) is 0 Å². The monoisotopic (exact) mass is 428 g/mol. The molecular formula is C30H52O. The van der Waals surface area contributed by atoms with Crippen molar-refractivity contribution in [3.63, 3.8) is 0 Å². The van der Waals surface area contributed by atoms with E-state index in [1.807, 2.05) is 0 Å². The first-order valence-corrected chi connectivity index (χ1v) is 13.9. The highest BCUT2D eigenvalue weighted by Gasteiger charge is 2.70. The van der Waals surface area contributed by atoms with Crippen LogP contribution in [0.5, 0.6) is 0 Å². The Labute approximate surface area is 193 Å². The molecule has 0 bridgehead atoms. The van der Waals surface area contributed by atoms with Gasteiger partial charge in [-0.25, -0.2) is 0 Å². The Morgan fingerprint density at radius 3 is 1.81 bits per heavy atom. The van der Waals surface area contributed by atoms with Crippen molar-refractivity contribution in [1.82, 2.24) is 0 Å². The van der Waals surface area contributed by atoms with Gasteiger partial charge in [0.15, 0.2) is 0 Å². The fourth-order valence-electron chi connectivity index (χ4n) is 12.1. The van der Waals surface area contributed by atoms with Crippen molar-refractivity contribution in [2.45, 2.75) is 132 Å². The molecule has 5 fully saturated rings. The van der Waals surface area contributed by atoms with Crippen LogP contribution in [0.15, 0.2) is 0 Å². The molecule has 5 rings (SSSR count). The summed E-state index contributed by atoms with van der Waals surface area (Å²) in [5.74, 6) is 3.91. The summed E-state index contributed by atoms with van der Waals surface area (Å²) in [6.45, 7) is 20.3. The Morgan fingerprint density at radius 1 is 0.613 bits per heavy atom. The van der Waals surface area contributed by atoms with E-state index in [9.17, 15) is 5.11 Å². The van der Waals surface area contributed by atoms with Crippen LogP contribution in [0.3, 0.4) is 0 Å². The average Bonchev–Trinajstić information content (AvgIpc) is 2.99. The number of hydrogen-bond donors (Lipinski definition) is 1. The Kier molecular flexibility index (Phi) is 4.80. The first-order valence-electron chi connectivity index (χ1n) is 13.9. The lowest BCUT2D eigenvalue weighted by Crippen LogP contribution is -2.66. The summed E-state index contributed by atoms with van der Waals surface area (Å²) in [7, 11) is 0. The van der Waals surface area contributed by atoms with Gasteiger partial charge in [0.1, 0.15) is 0 Å². The zero-order valence-electron chi connectivity index (χ0n) is 22.1. The summed E-state index contributed by atoms with van der Waals surface area (Å²) in [6, 6.07) is 0. The Morgan fingerprint density at radius 2 is 1.19 bits per heavy atom. The Hall–Kier alpha value is -0.0400. The van der Waals surface area contributed by atoms with Gasteiger partial charge in [0, 0.05) is 0 Å². The molecular weight excluding hydrogens is 376 g/mol. The molecule has 2 unspecified atom stereocenters. The molecule has 0 aromatic carbocycles. The summed E-state index contributed by atoms with van der Waals surface area (Å²) in [4.78, 5) is 0. The molecule has 9 atom stereocenters. The van der Waals surface area contributed by atoms with Gasteiger partial charge in [-0.1, -0.05) is 48.0 Å². The molecule has 0 spiro atoms. The second-order valence-corrected chi connectivity index (χ2v) is 15.4. The van der Waals surface area contributed by atoms with Gasteiger partial charge in [0.2, 0.25) is 0 Å². The number of aliphatic hydroxyl groups is 1. The van der Waals surface area contributed by atoms with Crippen LogP contribution in [0.4, 0.5) is 0 Å². The van der Waals surface area contributed by atoms with Crippen LogP contribution in [0.1, 0.15) is 126 Å².